The minimum absolute atomic E-state index is 0.0660. The van der Waals surface area contributed by atoms with Crippen LogP contribution in [0.3, 0.4) is 0 Å². The predicted molar refractivity (Wildman–Crippen MR) is 82.4 cm³/mol. The second kappa shape index (κ2) is 5.87. The zero-order valence-electron chi connectivity index (χ0n) is 9.40. The van der Waals surface area contributed by atoms with Gasteiger partial charge in [0.25, 0.3) is 0 Å². The highest BCUT2D eigenvalue weighted by Crippen LogP contribution is 2.42. The fraction of sp³-hybridized carbons (Fsp3) is 0.0833. The Morgan fingerprint density at radius 1 is 1.05 bits per heavy atom. The van der Waals surface area contributed by atoms with Crippen molar-refractivity contribution in [2.75, 3.05) is 0 Å². The molecule has 0 aliphatic heterocycles. The van der Waals surface area contributed by atoms with Crippen molar-refractivity contribution < 1.29 is 13.2 Å². The number of alkyl halides is 3. The van der Waals surface area contributed by atoms with Gasteiger partial charge in [-0.15, -0.1) is 0 Å². The molecule has 1 heterocycles. The van der Waals surface area contributed by atoms with Crippen LogP contribution in [-0.4, -0.2) is 4.98 Å². The Balaban J connectivity index is 2.72. The van der Waals surface area contributed by atoms with E-state index in [1.165, 1.54) is 18.2 Å². The highest BCUT2D eigenvalue weighted by Gasteiger charge is 2.36. The van der Waals surface area contributed by atoms with Crippen LogP contribution >= 0.6 is 57.4 Å². The summed E-state index contributed by atoms with van der Waals surface area (Å²) in [5.41, 5.74) is -0.410. The zero-order valence-corrected chi connectivity index (χ0v) is 13.8. The second-order valence-corrected chi connectivity index (χ2v) is 6.09. The SMILES string of the molecule is FC(F)(F)c1nccc(-c2c(Cl)cc(Cl)cc2Cl)c1I. The first-order valence-corrected chi connectivity index (χ1v) is 7.29. The highest BCUT2D eigenvalue weighted by molar-refractivity contribution is 14.1. The predicted octanol–water partition coefficient (Wildman–Crippen LogP) is 6.33. The van der Waals surface area contributed by atoms with Gasteiger partial charge in [0.1, 0.15) is 0 Å². The molecule has 0 atom stereocenters. The lowest BCUT2D eigenvalue weighted by molar-refractivity contribution is -0.141. The lowest BCUT2D eigenvalue weighted by atomic mass is 10.1. The van der Waals surface area contributed by atoms with Crippen molar-refractivity contribution in [1.29, 1.82) is 0 Å². The van der Waals surface area contributed by atoms with E-state index in [1.54, 1.807) is 22.6 Å². The molecule has 0 spiro atoms. The van der Waals surface area contributed by atoms with Gasteiger partial charge in [-0.1, -0.05) is 34.8 Å². The maximum Gasteiger partial charge on any atom is 0.434 e. The molecule has 20 heavy (non-hydrogen) atoms. The van der Waals surface area contributed by atoms with E-state index in [0.29, 0.717) is 10.6 Å². The molecule has 0 saturated carbocycles. The van der Waals surface area contributed by atoms with Crippen molar-refractivity contribution in [3.63, 3.8) is 0 Å². The Labute approximate surface area is 141 Å². The van der Waals surface area contributed by atoms with Gasteiger partial charge in [-0.2, -0.15) is 13.2 Å². The minimum atomic E-state index is -4.54. The molecule has 106 valence electrons. The Hall–Kier alpha value is -0.240. The number of benzene rings is 1. The smallest absolute Gasteiger partial charge is 0.251 e. The molecule has 2 aromatic rings. The first-order chi connectivity index (χ1) is 9.21. The summed E-state index contributed by atoms with van der Waals surface area (Å²) >= 11 is 19.4. The van der Waals surface area contributed by atoms with Crippen LogP contribution in [-0.2, 0) is 6.18 Å². The van der Waals surface area contributed by atoms with Crippen LogP contribution < -0.4 is 0 Å². The molecule has 1 nitrogen and oxygen atoms in total. The van der Waals surface area contributed by atoms with E-state index in [9.17, 15) is 13.2 Å². The number of rotatable bonds is 1. The van der Waals surface area contributed by atoms with Gasteiger partial charge in [-0.25, -0.2) is 0 Å². The van der Waals surface area contributed by atoms with Gasteiger partial charge >= 0.3 is 6.18 Å². The van der Waals surface area contributed by atoms with Crippen LogP contribution in [0, 0.1) is 3.57 Å². The van der Waals surface area contributed by atoms with Crippen molar-refractivity contribution in [2.45, 2.75) is 6.18 Å². The highest BCUT2D eigenvalue weighted by atomic mass is 127. The van der Waals surface area contributed by atoms with Gasteiger partial charge in [-0.05, 0) is 40.8 Å². The van der Waals surface area contributed by atoms with Crippen LogP contribution in [0.15, 0.2) is 24.4 Å². The average molecular weight is 452 g/mol. The lowest BCUT2D eigenvalue weighted by Crippen LogP contribution is -2.11. The third-order valence-corrected chi connectivity index (χ3v) is 4.34. The quantitative estimate of drug-likeness (QED) is 0.461. The minimum Gasteiger partial charge on any atom is -0.251 e. The molecule has 0 aliphatic rings. The molecule has 0 bridgehead atoms. The van der Waals surface area contributed by atoms with Crippen LogP contribution in [0.4, 0.5) is 13.2 Å². The molecule has 0 amide bonds. The summed E-state index contributed by atoms with van der Waals surface area (Å²) in [6.45, 7) is 0. The summed E-state index contributed by atoms with van der Waals surface area (Å²) in [6, 6.07) is 4.28. The largest absolute Gasteiger partial charge is 0.434 e. The van der Waals surface area contributed by atoms with E-state index in [0.717, 1.165) is 6.20 Å². The number of halogens is 7. The molecule has 2 rings (SSSR count). The Morgan fingerprint density at radius 3 is 2.10 bits per heavy atom. The molecule has 0 N–H and O–H groups in total. The van der Waals surface area contributed by atoms with E-state index in [2.05, 4.69) is 4.98 Å². The van der Waals surface area contributed by atoms with Crippen molar-refractivity contribution in [2.24, 2.45) is 0 Å². The summed E-state index contributed by atoms with van der Waals surface area (Å²) < 4.78 is 38.5. The van der Waals surface area contributed by atoms with E-state index in [4.69, 9.17) is 34.8 Å². The molecular formula is C12H4Cl3F3IN. The fourth-order valence-corrected chi connectivity index (χ4v) is 3.55. The lowest BCUT2D eigenvalue weighted by Gasteiger charge is -2.14. The first-order valence-electron chi connectivity index (χ1n) is 5.08. The molecule has 0 unspecified atom stereocenters. The van der Waals surface area contributed by atoms with Crippen LogP contribution in [0.25, 0.3) is 11.1 Å². The second-order valence-electron chi connectivity index (χ2n) is 3.76. The average Bonchev–Trinajstić information content (AvgIpc) is 2.28. The van der Waals surface area contributed by atoms with Crippen molar-refractivity contribution in [3.8, 4) is 11.1 Å². The third-order valence-electron chi connectivity index (χ3n) is 2.43. The van der Waals surface area contributed by atoms with Crippen LogP contribution in [0.2, 0.25) is 15.1 Å². The summed E-state index contributed by atoms with van der Waals surface area (Å²) in [5, 5.41) is 0.670. The Kier molecular flexibility index (Phi) is 4.73. The van der Waals surface area contributed by atoms with Gasteiger partial charge in [0, 0.05) is 22.3 Å². The number of hydrogen-bond acceptors (Lipinski definition) is 1. The van der Waals surface area contributed by atoms with E-state index >= 15 is 0 Å². The molecule has 1 aromatic carbocycles. The van der Waals surface area contributed by atoms with Crippen molar-refractivity contribution in [3.05, 3.63) is 48.7 Å². The number of pyridine rings is 1. The summed E-state index contributed by atoms with van der Waals surface area (Å²) in [7, 11) is 0. The monoisotopic (exact) mass is 451 g/mol. The number of aromatic nitrogens is 1. The van der Waals surface area contributed by atoms with E-state index in [1.807, 2.05) is 0 Å². The molecule has 0 aliphatic carbocycles. The topological polar surface area (TPSA) is 12.9 Å². The van der Waals surface area contributed by atoms with Crippen LogP contribution in [0.1, 0.15) is 5.69 Å². The fourth-order valence-electron chi connectivity index (χ4n) is 1.63. The first kappa shape index (κ1) is 16.1. The third kappa shape index (κ3) is 3.16. The van der Waals surface area contributed by atoms with Crippen LogP contribution in [0.5, 0.6) is 0 Å². The number of hydrogen-bond donors (Lipinski definition) is 0. The molecule has 1 aromatic heterocycles. The van der Waals surface area contributed by atoms with Crippen molar-refractivity contribution >= 4 is 57.4 Å². The van der Waals surface area contributed by atoms with Gasteiger partial charge in [0.15, 0.2) is 5.69 Å². The van der Waals surface area contributed by atoms with E-state index < -0.39 is 11.9 Å². The maximum atomic E-state index is 12.9. The van der Waals surface area contributed by atoms with Gasteiger partial charge < -0.3 is 0 Å². The zero-order chi connectivity index (χ0) is 15.1. The molecule has 0 fully saturated rings. The maximum absolute atomic E-state index is 12.9. The van der Waals surface area contributed by atoms with Gasteiger partial charge in [0.2, 0.25) is 0 Å². The summed E-state index contributed by atoms with van der Waals surface area (Å²) in [4.78, 5) is 3.37. The normalized spacial score (nSPS) is 11.8. The summed E-state index contributed by atoms with van der Waals surface area (Å²) in [6.07, 6.45) is -3.47. The van der Waals surface area contributed by atoms with Crippen molar-refractivity contribution in [1.82, 2.24) is 4.98 Å². The molecular weight excluding hydrogens is 448 g/mol. The number of nitrogens with zero attached hydrogens (tertiary/aromatic N) is 1. The Morgan fingerprint density at radius 2 is 1.60 bits per heavy atom. The van der Waals surface area contributed by atoms with Gasteiger partial charge in [0.05, 0.1) is 13.6 Å². The molecule has 0 saturated heterocycles. The van der Waals surface area contributed by atoms with Gasteiger partial charge in [-0.3, -0.25) is 4.98 Å². The standard InChI is InChI=1S/C12H4Cl3F3IN/c13-5-3-7(14)9(8(15)4-5)6-1-2-20-11(10(6)19)12(16,17)18/h1-4H. The Bertz CT molecular complexity index is 650. The summed E-state index contributed by atoms with van der Waals surface area (Å²) in [5.74, 6) is 0. The van der Waals surface area contributed by atoms with E-state index in [-0.39, 0.29) is 19.2 Å². The molecule has 0 radical (unpaired) electrons. The molecule has 8 heteroatoms.